The maximum atomic E-state index is 11.5. The van der Waals surface area contributed by atoms with Crippen molar-refractivity contribution in [3.05, 3.63) is 27.7 Å². The highest BCUT2D eigenvalue weighted by Gasteiger charge is 2.48. The predicted octanol–water partition coefficient (Wildman–Crippen LogP) is 3.51. The maximum Gasteiger partial charge on any atom is 0.314 e. The Bertz CT molecular complexity index is 467. The van der Waals surface area contributed by atoms with Crippen LogP contribution in [-0.4, -0.2) is 18.2 Å². The second kappa shape index (κ2) is 4.39. The molecule has 0 atom stereocenters. The molecule has 0 unspecified atom stereocenters. The van der Waals surface area contributed by atoms with Gasteiger partial charge in [-0.05, 0) is 25.0 Å². The van der Waals surface area contributed by atoms with Gasteiger partial charge in [0.25, 0.3) is 0 Å². The van der Waals surface area contributed by atoms with Crippen molar-refractivity contribution in [2.45, 2.75) is 24.7 Å². The van der Waals surface area contributed by atoms with E-state index in [-0.39, 0.29) is 0 Å². The van der Waals surface area contributed by atoms with Gasteiger partial charge in [0.2, 0.25) is 0 Å². The molecule has 0 amide bonds. The molecule has 2 rings (SSSR count). The van der Waals surface area contributed by atoms with Gasteiger partial charge in [-0.15, -0.1) is 0 Å². The zero-order valence-corrected chi connectivity index (χ0v) is 10.8. The number of halogens is 2. The summed E-state index contributed by atoms with van der Waals surface area (Å²) in [6.45, 7) is 0. The number of ether oxygens (including phenoxy) is 1. The average molecular weight is 275 g/mol. The van der Waals surface area contributed by atoms with E-state index in [4.69, 9.17) is 27.9 Å². The number of carboxylic acids is 1. The lowest BCUT2D eigenvalue weighted by Gasteiger charge is -2.39. The minimum Gasteiger partial charge on any atom is -0.495 e. The van der Waals surface area contributed by atoms with Gasteiger partial charge in [0.05, 0.1) is 17.5 Å². The Morgan fingerprint density at radius 3 is 2.47 bits per heavy atom. The number of benzene rings is 1. The van der Waals surface area contributed by atoms with Crippen molar-refractivity contribution in [2.24, 2.45) is 0 Å². The largest absolute Gasteiger partial charge is 0.495 e. The van der Waals surface area contributed by atoms with E-state index in [1.165, 1.54) is 7.11 Å². The molecule has 0 heterocycles. The van der Waals surface area contributed by atoms with Crippen molar-refractivity contribution in [3.63, 3.8) is 0 Å². The molecule has 17 heavy (non-hydrogen) atoms. The molecule has 1 saturated carbocycles. The monoisotopic (exact) mass is 274 g/mol. The summed E-state index contributed by atoms with van der Waals surface area (Å²) in [5, 5.41) is 10.2. The highest BCUT2D eigenvalue weighted by Crippen LogP contribution is 2.49. The first-order chi connectivity index (χ1) is 8.01. The fraction of sp³-hybridized carbons (Fsp3) is 0.417. The highest BCUT2D eigenvalue weighted by molar-refractivity contribution is 6.35. The molecule has 1 N–H and O–H groups in total. The van der Waals surface area contributed by atoms with Gasteiger partial charge in [0.15, 0.2) is 0 Å². The number of rotatable bonds is 3. The molecule has 0 spiro atoms. The van der Waals surface area contributed by atoms with Crippen LogP contribution >= 0.6 is 23.2 Å². The van der Waals surface area contributed by atoms with Crippen molar-refractivity contribution < 1.29 is 14.6 Å². The van der Waals surface area contributed by atoms with Gasteiger partial charge < -0.3 is 9.84 Å². The van der Waals surface area contributed by atoms with Gasteiger partial charge in [-0.1, -0.05) is 29.6 Å². The summed E-state index contributed by atoms with van der Waals surface area (Å²) in [4.78, 5) is 11.5. The quantitative estimate of drug-likeness (QED) is 0.918. The fourth-order valence-electron chi connectivity index (χ4n) is 2.25. The van der Waals surface area contributed by atoms with E-state index in [1.54, 1.807) is 12.1 Å². The highest BCUT2D eigenvalue weighted by atomic mass is 35.5. The molecule has 3 nitrogen and oxygen atoms in total. The van der Waals surface area contributed by atoms with Crippen LogP contribution in [-0.2, 0) is 10.2 Å². The maximum absolute atomic E-state index is 11.5. The molecule has 1 aromatic rings. The number of aliphatic carboxylic acids is 1. The third-order valence-electron chi connectivity index (χ3n) is 3.34. The smallest absolute Gasteiger partial charge is 0.314 e. The molecule has 0 radical (unpaired) electrons. The third kappa shape index (κ3) is 1.87. The van der Waals surface area contributed by atoms with Crippen molar-refractivity contribution in [3.8, 4) is 5.75 Å². The van der Waals surface area contributed by atoms with Crippen LogP contribution < -0.4 is 4.74 Å². The summed E-state index contributed by atoms with van der Waals surface area (Å²) in [6, 6.07) is 3.19. The SMILES string of the molecule is COc1c(Cl)cc(Cl)cc1C1(C(=O)O)CCC1. The molecule has 5 heteroatoms. The van der Waals surface area contributed by atoms with Gasteiger partial charge in [-0.2, -0.15) is 0 Å². The van der Waals surface area contributed by atoms with E-state index < -0.39 is 11.4 Å². The zero-order chi connectivity index (χ0) is 12.6. The first kappa shape index (κ1) is 12.5. The Morgan fingerprint density at radius 1 is 1.41 bits per heavy atom. The summed E-state index contributed by atoms with van der Waals surface area (Å²) < 4.78 is 5.21. The lowest BCUT2D eigenvalue weighted by atomic mass is 9.64. The molecule has 0 aromatic heterocycles. The molecule has 0 aliphatic heterocycles. The molecule has 1 aliphatic rings. The summed E-state index contributed by atoms with van der Waals surface area (Å²) in [7, 11) is 1.48. The molecule has 0 saturated heterocycles. The predicted molar refractivity (Wildman–Crippen MR) is 66.2 cm³/mol. The van der Waals surface area contributed by atoms with Crippen molar-refractivity contribution >= 4 is 29.2 Å². The Kier molecular flexibility index (Phi) is 3.23. The fourth-order valence-corrected chi connectivity index (χ4v) is 2.82. The van der Waals surface area contributed by atoms with E-state index in [0.29, 0.717) is 34.2 Å². The van der Waals surface area contributed by atoms with E-state index in [0.717, 1.165) is 6.42 Å². The van der Waals surface area contributed by atoms with E-state index in [9.17, 15) is 9.90 Å². The Labute approximate surface area is 109 Å². The van der Waals surface area contributed by atoms with Gasteiger partial charge in [0.1, 0.15) is 5.75 Å². The van der Waals surface area contributed by atoms with Crippen LogP contribution in [0.4, 0.5) is 0 Å². The van der Waals surface area contributed by atoms with Crippen LogP contribution in [0.15, 0.2) is 12.1 Å². The van der Waals surface area contributed by atoms with Crippen LogP contribution in [0.3, 0.4) is 0 Å². The van der Waals surface area contributed by atoms with Crippen molar-refractivity contribution in [1.82, 2.24) is 0 Å². The molecule has 1 aromatic carbocycles. The van der Waals surface area contributed by atoms with Crippen molar-refractivity contribution in [2.75, 3.05) is 7.11 Å². The summed E-state index contributed by atoms with van der Waals surface area (Å²) >= 11 is 12.0. The third-order valence-corrected chi connectivity index (χ3v) is 3.84. The molecular formula is C12H12Cl2O3. The first-order valence-corrected chi connectivity index (χ1v) is 6.04. The Hall–Kier alpha value is -0.930. The van der Waals surface area contributed by atoms with E-state index >= 15 is 0 Å². The average Bonchev–Trinajstić information content (AvgIpc) is 2.14. The van der Waals surface area contributed by atoms with Crippen LogP contribution in [0, 0.1) is 0 Å². The zero-order valence-electron chi connectivity index (χ0n) is 9.30. The number of methoxy groups -OCH3 is 1. The summed E-state index contributed by atoms with van der Waals surface area (Å²) in [6.07, 6.45) is 2.07. The van der Waals surface area contributed by atoms with Crippen LogP contribution in [0.5, 0.6) is 5.75 Å². The Morgan fingerprint density at radius 2 is 2.06 bits per heavy atom. The lowest BCUT2D eigenvalue weighted by Crippen LogP contribution is -2.42. The molecule has 92 valence electrons. The van der Waals surface area contributed by atoms with Crippen LogP contribution in [0.2, 0.25) is 10.0 Å². The van der Waals surface area contributed by atoms with Crippen molar-refractivity contribution in [1.29, 1.82) is 0 Å². The first-order valence-electron chi connectivity index (χ1n) is 5.28. The normalized spacial score (nSPS) is 17.4. The summed E-state index contributed by atoms with van der Waals surface area (Å²) in [5.41, 5.74) is -0.309. The van der Waals surface area contributed by atoms with Gasteiger partial charge >= 0.3 is 5.97 Å². The molecule has 1 fully saturated rings. The van der Waals surface area contributed by atoms with Gasteiger partial charge in [-0.3, -0.25) is 4.79 Å². The minimum absolute atomic E-state index is 0.350. The van der Waals surface area contributed by atoms with Gasteiger partial charge in [-0.25, -0.2) is 0 Å². The second-order valence-electron chi connectivity index (χ2n) is 4.21. The minimum atomic E-state index is -0.889. The number of carboxylic acid groups (broad SMARTS) is 1. The van der Waals surface area contributed by atoms with E-state index in [2.05, 4.69) is 0 Å². The molecule has 0 bridgehead atoms. The van der Waals surface area contributed by atoms with Gasteiger partial charge in [0, 0.05) is 10.6 Å². The number of hydrogen-bond acceptors (Lipinski definition) is 2. The topological polar surface area (TPSA) is 46.5 Å². The second-order valence-corrected chi connectivity index (χ2v) is 5.05. The lowest BCUT2D eigenvalue weighted by molar-refractivity contribution is -0.147. The standard InChI is InChI=1S/C12H12Cl2O3/c1-17-10-8(5-7(13)6-9(10)14)12(11(15)16)3-2-4-12/h5-6H,2-4H2,1H3,(H,15,16). The number of carbonyl (C=O) groups is 1. The Balaban J connectivity index is 2.61. The van der Waals surface area contributed by atoms with Crippen LogP contribution in [0.1, 0.15) is 24.8 Å². The summed E-state index contributed by atoms with van der Waals surface area (Å²) in [5.74, 6) is -0.432. The van der Waals surface area contributed by atoms with E-state index in [1.807, 2.05) is 0 Å². The number of hydrogen-bond donors (Lipinski definition) is 1. The molecular weight excluding hydrogens is 263 g/mol. The molecule has 1 aliphatic carbocycles. The van der Waals surface area contributed by atoms with Crippen LogP contribution in [0.25, 0.3) is 0 Å².